The number of nitrogen functional groups attached to an aromatic ring is 1. The number of thiazole rings is 1. The fourth-order valence-electron chi connectivity index (χ4n) is 3.46. The van der Waals surface area contributed by atoms with Gasteiger partial charge in [0.1, 0.15) is 36.5 Å². The van der Waals surface area contributed by atoms with Gasteiger partial charge in [-0.15, -0.1) is 23.1 Å². The number of carboxylic acids is 1. The van der Waals surface area contributed by atoms with Crippen molar-refractivity contribution >= 4 is 57.7 Å². The second-order valence-corrected chi connectivity index (χ2v) is 9.42. The number of esters is 1. The molecule has 0 radical (unpaired) electrons. The van der Waals surface area contributed by atoms with Crippen LogP contribution in [0.4, 0.5) is 5.13 Å². The number of carbonyl (C=O) groups is 4. The van der Waals surface area contributed by atoms with Crippen molar-refractivity contribution in [1.29, 1.82) is 0 Å². The van der Waals surface area contributed by atoms with Crippen LogP contribution in [0.1, 0.15) is 38.3 Å². The monoisotopic (exact) mass is 511 g/mol. The van der Waals surface area contributed by atoms with Crippen LogP contribution in [-0.2, 0) is 28.8 Å². The number of aromatic nitrogens is 1. The largest absolute Gasteiger partial charge is 0.477 e. The van der Waals surface area contributed by atoms with Crippen LogP contribution < -0.4 is 11.1 Å². The lowest BCUT2D eigenvalue weighted by Gasteiger charge is -2.49. The molecule has 3 heterocycles. The van der Waals surface area contributed by atoms with Crippen LogP contribution in [0.25, 0.3) is 0 Å². The highest BCUT2D eigenvalue weighted by Crippen LogP contribution is 2.40. The fraction of sp³-hybridized carbons (Fsp3) is 0.500. The lowest BCUT2D eigenvalue weighted by atomic mass is 10.0. The van der Waals surface area contributed by atoms with Gasteiger partial charge in [-0.25, -0.2) is 9.78 Å². The number of hydrogen-bond acceptors (Lipinski definition) is 11. The molecule has 1 saturated heterocycles. The Kier molecular flexibility index (Phi) is 8.50. The zero-order valence-corrected chi connectivity index (χ0v) is 20.2. The van der Waals surface area contributed by atoms with Gasteiger partial charge < -0.3 is 25.7 Å². The van der Waals surface area contributed by atoms with Gasteiger partial charge in [0, 0.05) is 23.1 Å². The topological polar surface area (TPSA) is 174 Å². The summed E-state index contributed by atoms with van der Waals surface area (Å²) in [6.07, 6.45) is 2.82. The van der Waals surface area contributed by atoms with Gasteiger partial charge in [0.2, 0.25) is 0 Å². The van der Waals surface area contributed by atoms with Gasteiger partial charge in [0.25, 0.3) is 11.8 Å². The van der Waals surface area contributed by atoms with Gasteiger partial charge in [-0.05, 0) is 6.42 Å². The second kappa shape index (κ2) is 11.3. The smallest absolute Gasteiger partial charge is 0.352 e. The summed E-state index contributed by atoms with van der Waals surface area (Å²) in [5.41, 5.74) is 5.75. The number of oxime groups is 1. The Morgan fingerprint density at radius 1 is 1.38 bits per heavy atom. The molecule has 0 aliphatic carbocycles. The second-order valence-electron chi connectivity index (χ2n) is 7.43. The number of carbonyl (C=O) groups excluding carboxylic acids is 3. The first kappa shape index (κ1) is 25.5. The van der Waals surface area contributed by atoms with Gasteiger partial charge in [-0.2, -0.15) is 0 Å². The molecule has 2 atom stereocenters. The predicted molar refractivity (Wildman–Crippen MR) is 125 cm³/mol. The van der Waals surface area contributed by atoms with Gasteiger partial charge in [-0.1, -0.05) is 24.9 Å². The third-order valence-corrected chi connectivity index (χ3v) is 7.10. The molecule has 0 aromatic carbocycles. The van der Waals surface area contributed by atoms with Crippen molar-refractivity contribution in [2.75, 3.05) is 25.2 Å². The van der Waals surface area contributed by atoms with Crippen LogP contribution in [0, 0.1) is 0 Å². The zero-order chi connectivity index (χ0) is 24.8. The van der Waals surface area contributed by atoms with Crippen molar-refractivity contribution in [3.8, 4) is 0 Å². The molecule has 2 aliphatic heterocycles. The number of nitrogens with zero attached hydrogens (tertiary/aromatic N) is 3. The number of nitrogens with one attached hydrogen (secondary N) is 1. The van der Waals surface area contributed by atoms with E-state index < -0.39 is 35.2 Å². The van der Waals surface area contributed by atoms with E-state index in [4.69, 9.17) is 15.3 Å². The SMILES string of the molecule is CCCCCC(=O)OCC1=C(C(=O)O)N2C(=O)C(NC(=O)/C(=N/OC)c3csc(N)n3)[C@H]2SC1. The van der Waals surface area contributed by atoms with Crippen molar-refractivity contribution in [1.82, 2.24) is 15.2 Å². The summed E-state index contributed by atoms with van der Waals surface area (Å²) >= 11 is 2.38. The van der Waals surface area contributed by atoms with Crippen LogP contribution in [0.5, 0.6) is 0 Å². The maximum absolute atomic E-state index is 12.8. The average Bonchev–Trinajstić information content (AvgIpc) is 3.24. The highest BCUT2D eigenvalue weighted by atomic mass is 32.2. The fourth-order valence-corrected chi connectivity index (χ4v) is 5.33. The lowest BCUT2D eigenvalue weighted by molar-refractivity contribution is -0.150. The Bertz CT molecular complexity index is 1040. The number of hydrogen-bond donors (Lipinski definition) is 3. The van der Waals surface area contributed by atoms with E-state index >= 15 is 0 Å². The Morgan fingerprint density at radius 3 is 2.76 bits per heavy atom. The van der Waals surface area contributed by atoms with Crippen LogP contribution in [0.15, 0.2) is 21.8 Å². The first-order valence-corrected chi connectivity index (χ1v) is 12.4. The molecule has 12 nitrogen and oxygen atoms in total. The molecule has 34 heavy (non-hydrogen) atoms. The van der Waals surface area contributed by atoms with Crippen molar-refractivity contribution in [2.45, 2.75) is 44.0 Å². The molecule has 1 unspecified atom stereocenters. The van der Waals surface area contributed by atoms with E-state index in [1.165, 1.54) is 24.3 Å². The minimum atomic E-state index is -1.31. The summed E-state index contributed by atoms with van der Waals surface area (Å²) in [6.45, 7) is 1.81. The molecule has 1 fully saturated rings. The number of fused-ring (bicyclic) bond motifs is 1. The molecule has 2 amide bonds. The molecule has 1 aromatic heterocycles. The van der Waals surface area contributed by atoms with E-state index in [1.807, 2.05) is 6.92 Å². The molecule has 4 N–H and O–H groups in total. The minimum Gasteiger partial charge on any atom is -0.477 e. The maximum atomic E-state index is 12.8. The van der Waals surface area contributed by atoms with Crippen LogP contribution in [-0.4, -0.2) is 75.3 Å². The van der Waals surface area contributed by atoms with E-state index in [2.05, 4.69) is 15.5 Å². The van der Waals surface area contributed by atoms with E-state index in [-0.39, 0.29) is 41.0 Å². The summed E-state index contributed by atoms with van der Waals surface area (Å²) in [5.74, 6) is -2.79. The molecular weight excluding hydrogens is 486 g/mol. The van der Waals surface area contributed by atoms with Crippen molar-refractivity contribution in [3.63, 3.8) is 0 Å². The summed E-state index contributed by atoms with van der Waals surface area (Å²) in [5, 5.41) is 17.1. The molecule has 184 valence electrons. The zero-order valence-electron chi connectivity index (χ0n) is 18.6. The third-order valence-electron chi connectivity index (χ3n) is 5.09. The van der Waals surface area contributed by atoms with E-state index in [1.54, 1.807) is 0 Å². The number of β-lactam (4-membered cyclic amide) rings is 1. The van der Waals surface area contributed by atoms with E-state index in [9.17, 15) is 24.3 Å². The van der Waals surface area contributed by atoms with Crippen molar-refractivity contribution in [2.24, 2.45) is 5.16 Å². The lowest BCUT2D eigenvalue weighted by Crippen LogP contribution is -2.71. The molecular formula is C20H25N5O7S2. The normalized spacial score (nSPS) is 19.9. The standard InChI is InChI=1S/C20H25N5O7S2/c1-3-4-5-6-12(26)32-7-10-8-33-18-14(17(28)25(18)15(10)19(29)30)23-16(27)13(24-31-2)11-9-34-20(21)22-11/h9,14,18H,3-8H2,1-2H3,(H2,21,22)(H,23,27)(H,29,30)/b24-13+/t14?,18-/m1/s1. The molecule has 0 bridgehead atoms. The number of amides is 2. The van der Waals surface area contributed by atoms with Gasteiger partial charge in [0.05, 0.1) is 0 Å². The summed E-state index contributed by atoms with van der Waals surface area (Å²) < 4.78 is 5.23. The number of ether oxygens (including phenoxy) is 1. The van der Waals surface area contributed by atoms with Crippen LogP contribution >= 0.6 is 23.1 Å². The molecule has 3 rings (SSSR count). The van der Waals surface area contributed by atoms with Gasteiger partial charge in [0.15, 0.2) is 10.8 Å². The summed E-state index contributed by atoms with van der Waals surface area (Å²) in [6, 6.07) is -0.969. The minimum absolute atomic E-state index is 0.160. The number of unbranched alkanes of at least 4 members (excludes halogenated alkanes) is 2. The number of aliphatic carboxylic acids is 1. The van der Waals surface area contributed by atoms with Gasteiger partial charge >= 0.3 is 11.9 Å². The highest BCUT2D eigenvalue weighted by Gasteiger charge is 2.54. The average molecular weight is 512 g/mol. The van der Waals surface area contributed by atoms with E-state index in [0.29, 0.717) is 12.0 Å². The molecule has 1 aromatic rings. The van der Waals surface area contributed by atoms with E-state index in [0.717, 1.165) is 29.1 Å². The summed E-state index contributed by atoms with van der Waals surface area (Å²) in [4.78, 5) is 59.2. The Balaban J connectivity index is 1.69. The Morgan fingerprint density at radius 2 is 2.15 bits per heavy atom. The van der Waals surface area contributed by atoms with Gasteiger partial charge in [-0.3, -0.25) is 19.3 Å². The first-order valence-electron chi connectivity index (χ1n) is 10.5. The highest BCUT2D eigenvalue weighted by molar-refractivity contribution is 8.00. The molecule has 14 heteroatoms. The first-order chi connectivity index (χ1) is 16.3. The van der Waals surface area contributed by atoms with Crippen molar-refractivity contribution < 1.29 is 33.9 Å². The molecule has 2 aliphatic rings. The molecule has 0 spiro atoms. The number of thioether (sulfide) groups is 1. The molecule has 0 saturated carbocycles. The Labute approximate surface area is 203 Å². The van der Waals surface area contributed by atoms with Crippen LogP contribution in [0.2, 0.25) is 0 Å². The number of carboxylic acid groups (broad SMARTS) is 1. The third kappa shape index (κ3) is 5.50. The summed E-state index contributed by atoms with van der Waals surface area (Å²) in [7, 11) is 1.26. The van der Waals surface area contributed by atoms with Crippen molar-refractivity contribution in [3.05, 3.63) is 22.3 Å². The number of anilines is 1. The van der Waals surface area contributed by atoms with Crippen LogP contribution in [0.3, 0.4) is 0 Å². The predicted octanol–water partition coefficient (Wildman–Crippen LogP) is 0.938. The number of rotatable bonds is 11. The quantitative estimate of drug-likeness (QED) is 0.127. The maximum Gasteiger partial charge on any atom is 0.352 e. The number of nitrogens with two attached hydrogens (primary N) is 1. The Hall–Kier alpha value is -3.13.